The highest BCUT2D eigenvalue weighted by Crippen LogP contribution is 2.13. The Labute approximate surface area is 123 Å². The maximum absolute atomic E-state index is 13.4. The molecule has 0 saturated carbocycles. The summed E-state index contributed by atoms with van der Waals surface area (Å²) in [5.74, 6) is -0.371. The summed E-state index contributed by atoms with van der Waals surface area (Å²) in [6, 6.07) is 6.51. The smallest absolute Gasteiger partial charge is 0.409 e. The van der Waals surface area contributed by atoms with Gasteiger partial charge in [-0.05, 0) is 24.5 Å². The molecule has 1 aliphatic rings. The van der Waals surface area contributed by atoms with Crippen molar-refractivity contribution < 1.29 is 18.7 Å². The van der Waals surface area contributed by atoms with Gasteiger partial charge in [-0.25, -0.2) is 9.18 Å². The van der Waals surface area contributed by atoms with Crippen LogP contribution in [0, 0.1) is 5.82 Å². The topological polar surface area (TPSA) is 58.6 Å². The standard InChI is InChI=1S/C15H19FN2O3/c1-18-10-12(21-15(18)20)6-7-14(19)17-9-8-11-4-2-3-5-13(11)16/h2-5,12H,6-10H2,1H3,(H,17,19). The predicted octanol–water partition coefficient (Wildman–Crippen LogP) is 1.72. The number of likely N-dealkylation sites (N-methyl/N-ethyl adjacent to an activating group) is 1. The van der Waals surface area contributed by atoms with Crippen LogP contribution in [0.4, 0.5) is 9.18 Å². The first kappa shape index (κ1) is 15.3. The van der Waals surface area contributed by atoms with E-state index < -0.39 is 0 Å². The van der Waals surface area contributed by atoms with Crippen LogP contribution in [0.1, 0.15) is 18.4 Å². The second-order valence-corrected chi connectivity index (χ2v) is 5.12. The third kappa shape index (κ3) is 4.44. The van der Waals surface area contributed by atoms with Gasteiger partial charge < -0.3 is 15.0 Å². The van der Waals surface area contributed by atoms with Gasteiger partial charge >= 0.3 is 6.09 Å². The van der Waals surface area contributed by atoms with Crippen LogP contribution in [-0.2, 0) is 16.0 Å². The lowest BCUT2D eigenvalue weighted by Crippen LogP contribution is -2.27. The van der Waals surface area contributed by atoms with Crippen molar-refractivity contribution in [3.05, 3.63) is 35.6 Å². The van der Waals surface area contributed by atoms with Crippen LogP contribution in [0.3, 0.4) is 0 Å². The number of rotatable bonds is 6. The Morgan fingerprint density at radius 3 is 2.90 bits per heavy atom. The lowest BCUT2D eigenvalue weighted by Gasteiger charge is -2.09. The molecule has 1 heterocycles. The van der Waals surface area contributed by atoms with Gasteiger partial charge in [-0.2, -0.15) is 0 Å². The van der Waals surface area contributed by atoms with E-state index >= 15 is 0 Å². The van der Waals surface area contributed by atoms with E-state index in [0.717, 1.165) is 0 Å². The Balaban J connectivity index is 1.64. The number of halogens is 1. The van der Waals surface area contributed by atoms with Crippen molar-refractivity contribution in [3.8, 4) is 0 Å². The lowest BCUT2D eigenvalue weighted by molar-refractivity contribution is -0.121. The number of hydrogen-bond donors (Lipinski definition) is 1. The summed E-state index contributed by atoms with van der Waals surface area (Å²) in [4.78, 5) is 24.3. The fourth-order valence-electron chi connectivity index (χ4n) is 2.22. The second-order valence-electron chi connectivity index (χ2n) is 5.12. The maximum Gasteiger partial charge on any atom is 0.409 e. The number of ether oxygens (including phenoxy) is 1. The minimum atomic E-state index is -0.347. The first-order chi connectivity index (χ1) is 10.1. The number of amides is 2. The molecule has 1 aromatic rings. The van der Waals surface area contributed by atoms with E-state index in [1.165, 1.54) is 11.0 Å². The average Bonchev–Trinajstić information content (AvgIpc) is 2.78. The van der Waals surface area contributed by atoms with Gasteiger partial charge in [-0.1, -0.05) is 18.2 Å². The summed E-state index contributed by atoms with van der Waals surface area (Å²) in [5, 5.41) is 2.75. The molecule has 0 bridgehead atoms. The summed E-state index contributed by atoms with van der Waals surface area (Å²) >= 11 is 0. The highest BCUT2D eigenvalue weighted by molar-refractivity contribution is 5.76. The monoisotopic (exact) mass is 294 g/mol. The molecule has 21 heavy (non-hydrogen) atoms. The Hall–Kier alpha value is -2.11. The van der Waals surface area contributed by atoms with E-state index in [2.05, 4.69) is 5.32 Å². The van der Waals surface area contributed by atoms with Gasteiger partial charge in [0.1, 0.15) is 11.9 Å². The lowest BCUT2D eigenvalue weighted by atomic mass is 10.1. The highest BCUT2D eigenvalue weighted by atomic mass is 19.1. The van der Waals surface area contributed by atoms with E-state index in [0.29, 0.717) is 37.9 Å². The second kappa shape index (κ2) is 7.06. The Bertz CT molecular complexity index is 521. The molecule has 1 unspecified atom stereocenters. The zero-order valence-corrected chi connectivity index (χ0v) is 12.0. The van der Waals surface area contributed by atoms with Crippen molar-refractivity contribution >= 4 is 12.0 Å². The molecule has 1 aliphatic heterocycles. The van der Waals surface area contributed by atoms with Crippen LogP contribution >= 0.6 is 0 Å². The van der Waals surface area contributed by atoms with Gasteiger partial charge in [0.15, 0.2) is 0 Å². The normalized spacial score (nSPS) is 17.7. The van der Waals surface area contributed by atoms with Crippen LogP contribution in [0.2, 0.25) is 0 Å². The van der Waals surface area contributed by atoms with Crippen LogP contribution in [0.5, 0.6) is 0 Å². The number of carbonyl (C=O) groups is 2. The fraction of sp³-hybridized carbons (Fsp3) is 0.467. The Morgan fingerprint density at radius 1 is 1.48 bits per heavy atom. The van der Waals surface area contributed by atoms with E-state index in [9.17, 15) is 14.0 Å². The molecule has 2 rings (SSSR count). The zero-order valence-electron chi connectivity index (χ0n) is 12.0. The minimum Gasteiger partial charge on any atom is -0.444 e. The maximum atomic E-state index is 13.4. The van der Waals surface area contributed by atoms with Crippen LogP contribution in [0.25, 0.3) is 0 Å². The molecule has 1 N–H and O–H groups in total. The van der Waals surface area contributed by atoms with Crippen molar-refractivity contribution in [2.24, 2.45) is 0 Å². The van der Waals surface area contributed by atoms with Gasteiger partial charge in [0.2, 0.25) is 5.91 Å². The predicted molar refractivity (Wildman–Crippen MR) is 75.2 cm³/mol. The molecule has 0 aromatic heterocycles. The van der Waals surface area contributed by atoms with Crippen molar-refractivity contribution in [1.82, 2.24) is 10.2 Å². The minimum absolute atomic E-state index is 0.114. The molecular weight excluding hydrogens is 275 g/mol. The Morgan fingerprint density at radius 2 is 2.24 bits per heavy atom. The summed E-state index contributed by atoms with van der Waals surface area (Å²) in [5.41, 5.74) is 0.587. The van der Waals surface area contributed by atoms with Gasteiger partial charge in [0, 0.05) is 20.0 Å². The number of nitrogens with zero attached hydrogens (tertiary/aromatic N) is 1. The molecule has 0 radical (unpaired) electrons. The molecule has 1 aromatic carbocycles. The number of hydrogen-bond acceptors (Lipinski definition) is 3. The molecule has 1 fully saturated rings. The number of carbonyl (C=O) groups excluding carboxylic acids is 2. The molecule has 0 aliphatic carbocycles. The van der Waals surface area contributed by atoms with E-state index in [1.54, 1.807) is 25.2 Å². The first-order valence-corrected chi connectivity index (χ1v) is 6.98. The summed E-state index contributed by atoms with van der Waals surface area (Å²) in [7, 11) is 1.66. The molecule has 5 nitrogen and oxygen atoms in total. The van der Waals surface area contributed by atoms with Gasteiger partial charge in [-0.3, -0.25) is 4.79 Å². The van der Waals surface area contributed by atoms with Gasteiger partial charge in [0.05, 0.1) is 6.54 Å². The quantitative estimate of drug-likeness (QED) is 0.869. The van der Waals surface area contributed by atoms with E-state index in [4.69, 9.17) is 4.74 Å². The van der Waals surface area contributed by atoms with Crippen molar-refractivity contribution in [2.45, 2.75) is 25.4 Å². The molecule has 1 atom stereocenters. The fourth-order valence-corrected chi connectivity index (χ4v) is 2.22. The van der Waals surface area contributed by atoms with Gasteiger partial charge in [0.25, 0.3) is 0 Å². The summed E-state index contributed by atoms with van der Waals surface area (Å²) in [6.07, 6.45) is 0.685. The molecule has 0 spiro atoms. The largest absolute Gasteiger partial charge is 0.444 e. The molecular formula is C15H19FN2O3. The average molecular weight is 294 g/mol. The molecule has 1 saturated heterocycles. The third-order valence-electron chi connectivity index (χ3n) is 3.42. The number of benzene rings is 1. The molecule has 2 amide bonds. The third-order valence-corrected chi connectivity index (χ3v) is 3.42. The van der Waals surface area contributed by atoms with Crippen molar-refractivity contribution in [1.29, 1.82) is 0 Å². The highest BCUT2D eigenvalue weighted by Gasteiger charge is 2.28. The van der Waals surface area contributed by atoms with Crippen LogP contribution < -0.4 is 5.32 Å². The SMILES string of the molecule is CN1CC(CCC(=O)NCCc2ccccc2F)OC1=O. The van der Waals surface area contributed by atoms with E-state index in [1.807, 2.05) is 0 Å². The van der Waals surface area contributed by atoms with Gasteiger partial charge in [-0.15, -0.1) is 0 Å². The number of nitrogens with one attached hydrogen (secondary N) is 1. The summed E-state index contributed by atoms with van der Waals surface area (Å²) < 4.78 is 18.4. The van der Waals surface area contributed by atoms with Crippen LogP contribution in [-0.4, -0.2) is 43.1 Å². The molecule has 114 valence electrons. The van der Waals surface area contributed by atoms with Crippen LogP contribution in [0.15, 0.2) is 24.3 Å². The molecule has 6 heteroatoms. The van der Waals surface area contributed by atoms with Crippen molar-refractivity contribution in [3.63, 3.8) is 0 Å². The van der Waals surface area contributed by atoms with E-state index in [-0.39, 0.29) is 23.9 Å². The van der Waals surface area contributed by atoms with Crippen molar-refractivity contribution in [2.75, 3.05) is 20.1 Å². The summed E-state index contributed by atoms with van der Waals surface area (Å²) in [6.45, 7) is 0.908. The Kier molecular flexibility index (Phi) is 5.14. The first-order valence-electron chi connectivity index (χ1n) is 6.98. The zero-order chi connectivity index (χ0) is 15.2. The number of cyclic esters (lactones) is 1.